The topological polar surface area (TPSA) is 52.6 Å². The molecule has 1 rings (SSSR count). The van der Waals surface area contributed by atoms with Crippen molar-refractivity contribution in [2.75, 3.05) is 19.6 Å². The second kappa shape index (κ2) is 6.86. The molecule has 1 aliphatic rings. The zero-order chi connectivity index (χ0) is 12.0. The third-order valence-corrected chi connectivity index (χ3v) is 3.13. The first kappa shape index (κ1) is 13.5. The van der Waals surface area contributed by atoms with Crippen molar-refractivity contribution in [3.63, 3.8) is 0 Å². The summed E-state index contributed by atoms with van der Waals surface area (Å²) < 4.78 is 0. The Labute approximate surface area is 98.0 Å². The molecule has 4 nitrogen and oxygen atoms in total. The summed E-state index contributed by atoms with van der Waals surface area (Å²) in [6.45, 7) is 7.64. The van der Waals surface area contributed by atoms with Gasteiger partial charge in [0, 0.05) is 12.1 Å². The van der Waals surface area contributed by atoms with E-state index in [1.165, 1.54) is 13.0 Å². The van der Waals surface area contributed by atoms with Gasteiger partial charge in [0.1, 0.15) is 0 Å². The number of nitrogens with one attached hydrogen (secondary N) is 1. The van der Waals surface area contributed by atoms with Crippen molar-refractivity contribution in [2.45, 2.75) is 51.6 Å². The number of hydrogen-bond acceptors (Lipinski definition) is 3. The van der Waals surface area contributed by atoms with Gasteiger partial charge in [-0.25, -0.2) is 0 Å². The standard InChI is InChI=1S/C12H24N2O2/c1-3-6-14-7-4-11(5-8-14)13-10(2)9-12(15)16/h10-11,13H,3-9H2,1-2H3,(H,15,16). The van der Waals surface area contributed by atoms with Crippen molar-refractivity contribution < 1.29 is 9.90 Å². The fraction of sp³-hybridized carbons (Fsp3) is 0.917. The molecule has 16 heavy (non-hydrogen) atoms. The van der Waals surface area contributed by atoms with Crippen LogP contribution in [-0.4, -0.2) is 47.7 Å². The van der Waals surface area contributed by atoms with Crippen molar-refractivity contribution >= 4 is 5.97 Å². The number of aliphatic carboxylic acids is 1. The molecule has 1 fully saturated rings. The van der Waals surface area contributed by atoms with Crippen LogP contribution < -0.4 is 5.32 Å². The summed E-state index contributed by atoms with van der Waals surface area (Å²) >= 11 is 0. The van der Waals surface area contributed by atoms with Gasteiger partial charge in [-0.05, 0) is 45.8 Å². The molecule has 1 saturated heterocycles. The molecule has 2 N–H and O–H groups in total. The zero-order valence-corrected chi connectivity index (χ0v) is 10.4. The van der Waals surface area contributed by atoms with Gasteiger partial charge >= 0.3 is 5.97 Å². The Morgan fingerprint density at radius 1 is 1.50 bits per heavy atom. The largest absolute Gasteiger partial charge is 0.481 e. The van der Waals surface area contributed by atoms with Gasteiger partial charge in [0.25, 0.3) is 0 Å². The van der Waals surface area contributed by atoms with Crippen LogP contribution in [0.15, 0.2) is 0 Å². The number of carbonyl (C=O) groups is 1. The van der Waals surface area contributed by atoms with Gasteiger partial charge in [0.15, 0.2) is 0 Å². The Bertz CT molecular complexity index is 213. The van der Waals surface area contributed by atoms with Crippen LogP contribution in [0.3, 0.4) is 0 Å². The number of carboxylic acid groups (broad SMARTS) is 1. The first-order valence-electron chi connectivity index (χ1n) is 6.32. The Balaban J connectivity index is 2.18. The molecule has 1 heterocycles. The highest BCUT2D eigenvalue weighted by atomic mass is 16.4. The first-order chi connectivity index (χ1) is 7.61. The maximum atomic E-state index is 10.5. The molecule has 1 aliphatic heterocycles. The average molecular weight is 228 g/mol. The lowest BCUT2D eigenvalue weighted by Crippen LogP contribution is -2.46. The van der Waals surface area contributed by atoms with Crippen LogP contribution in [0.25, 0.3) is 0 Å². The van der Waals surface area contributed by atoms with E-state index in [-0.39, 0.29) is 12.5 Å². The van der Waals surface area contributed by atoms with E-state index in [2.05, 4.69) is 17.1 Å². The summed E-state index contributed by atoms with van der Waals surface area (Å²) in [6, 6.07) is 0.586. The molecule has 4 heteroatoms. The molecule has 0 saturated carbocycles. The van der Waals surface area contributed by atoms with Crippen molar-refractivity contribution in [3.8, 4) is 0 Å². The summed E-state index contributed by atoms with van der Waals surface area (Å²) in [4.78, 5) is 13.0. The molecule has 0 radical (unpaired) electrons. The van der Waals surface area contributed by atoms with Gasteiger partial charge in [-0.15, -0.1) is 0 Å². The van der Waals surface area contributed by atoms with Gasteiger partial charge in [-0.1, -0.05) is 6.92 Å². The lowest BCUT2D eigenvalue weighted by Gasteiger charge is -2.33. The Morgan fingerprint density at radius 3 is 2.62 bits per heavy atom. The normalized spacial score (nSPS) is 20.9. The van der Waals surface area contributed by atoms with E-state index in [4.69, 9.17) is 5.11 Å². The maximum Gasteiger partial charge on any atom is 0.304 e. The summed E-state index contributed by atoms with van der Waals surface area (Å²) in [6.07, 6.45) is 3.72. The van der Waals surface area contributed by atoms with E-state index >= 15 is 0 Å². The van der Waals surface area contributed by atoms with Gasteiger partial charge < -0.3 is 15.3 Å². The lowest BCUT2D eigenvalue weighted by molar-refractivity contribution is -0.137. The van der Waals surface area contributed by atoms with E-state index < -0.39 is 5.97 Å². The number of hydrogen-bond donors (Lipinski definition) is 2. The maximum absolute atomic E-state index is 10.5. The average Bonchev–Trinajstić information content (AvgIpc) is 2.20. The fourth-order valence-electron chi connectivity index (χ4n) is 2.36. The highest BCUT2D eigenvalue weighted by Gasteiger charge is 2.20. The van der Waals surface area contributed by atoms with E-state index in [0.717, 1.165) is 25.9 Å². The van der Waals surface area contributed by atoms with Gasteiger partial charge in [-0.2, -0.15) is 0 Å². The molecular formula is C12H24N2O2. The predicted octanol–water partition coefficient (Wildman–Crippen LogP) is 1.31. The predicted molar refractivity (Wildman–Crippen MR) is 64.6 cm³/mol. The van der Waals surface area contributed by atoms with E-state index in [1.54, 1.807) is 0 Å². The molecule has 0 aromatic rings. The van der Waals surface area contributed by atoms with Gasteiger partial charge in [-0.3, -0.25) is 4.79 Å². The third-order valence-electron chi connectivity index (χ3n) is 3.13. The van der Waals surface area contributed by atoms with Crippen molar-refractivity contribution in [3.05, 3.63) is 0 Å². The van der Waals surface area contributed by atoms with Crippen LogP contribution in [0.1, 0.15) is 39.5 Å². The number of piperidine rings is 1. The van der Waals surface area contributed by atoms with E-state index in [1.807, 2.05) is 6.92 Å². The fourth-order valence-corrected chi connectivity index (χ4v) is 2.36. The number of likely N-dealkylation sites (tertiary alicyclic amines) is 1. The minimum Gasteiger partial charge on any atom is -0.481 e. The van der Waals surface area contributed by atoms with Gasteiger partial charge in [0.05, 0.1) is 6.42 Å². The van der Waals surface area contributed by atoms with Crippen molar-refractivity contribution in [1.82, 2.24) is 10.2 Å². The Hall–Kier alpha value is -0.610. The minimum absolute atomic E-state index is 0.0835. The van der Waals surface area contributed by atoms with Crippen LogP contribution in [0.5, 0.6) is 0 Å². The van der Waals surface area contributed by atoms with E-state index in [0.29, 0.717) is 6.04 Å². The first-order valence-corrected chi connectivity index (χ1v) is 6.32. The Kier molecular flexibility index (Phi) is 5.77. The van der Waals surface area contributed by atoms with Crippen LogP contribution >= 0.6 is 0 Å². The highest BCUT2D eigenvalue weighted by Crippen LogP contribution is 2.11. The molecule has 0 aliphatic carbocycles. The van der Waals surface area contributed by atoms with E-state index in [9.17, 15) is 4.79 Å². The van der Waals surface area contributed by atoms with Crippen LogP contribution in [0.2, 0.25) is 0 Å². The second-order valence-electron chi connectivity index (χ2n) is 4.78. The van der Waals surface area contributed by atoms with Crippen LogP contribution in [0.4, 0.5) is 0 Å². The molecule has 0 aromatic carbocycles. The molecule has 0 aromatic heterocycles. The number of carboxylic acids is 1. The summed E-state index contributed by atoms with van der Waals surface area (Å²) in [7, 11) is 0. The molecule has 0 amide bonds. The monoisotopic (exact) mass is 228 g/mol. The molecule has 0 bridgehead atoms. The second-order valence-corrected chi connectivity index (χ2v) is 4.78. The summed E-state index contributed by atoms with van der Waals surface area (Å²) in [5.41, 5.74) is 0. The highest BCUT2D eigenvalue weighted by molar-refractivity contribution is 5.67. The van der Waals surface area contributed by atoms with Crippen LogP contribution in [0, 0.1) is 0 Å². The number of nitrogens with zero attached hydrogens (tertiary/aromatic N) is 1. The summed E-state index contributed by atoms with van der Waals surface area (Å²) in [5, 5.41) is 12.1. The molecule has 94 valence electrons. The molecule has 0 spiro atoms. The quantitative estimate of drug-likeness (QED) is 0.720. The van der Waals surface area contributed by atoms with Gasteiger partial charge in [0.2, 0.25) is 0 Å². The number of rotatable bonds is 6. The minimum atomic E-state index is -0.719. The Morgan fingerprint density at radius 2 is 2.12 bits per heavy atom. The molecular weight excluding hydrogens is 204 g/mol. The molecule has 1 unspecified atom stereocenters. The lowest BCUT2D eigenvalue weighted by atomic mass is 10.0. The molecule has 1 atom stereocenters. The third kappa shape index (κ3) is 4.94. The van der Waals surface area contributed by atoms with Crippen LogP contribution in [-0.2, 0) is 4.79 Å². The van der Waals surface area contributed by atoms with Crippen molar-refractivity contribution in [1.29, 1.82) is 0 Å². The SMILES string of the molecule is CCCN1CCC(NC(C)CC(=O)O)CC1. The van der Waals surface area contributed by atoms with Crippen molar-refractivity contribution in [2.24, 2.45) is 0 Å². The zero-order valence-electron chi connectivity index (χ0n) is 10.4. The smallest absolute Gasteiger partial charge is 0.304 e. The summed E-state index contributed by atoms with van der Waals surface area (Å²) in [5.74, 6) is -0.719.